The molecule has 0 radical (unpaired) electrons. The molecular formula is C11H13BrN2O3. The molecule has 1 saturated heterocycles. The molecule has 0 N–H and O–H groups in total. The number of Topliss-reactive ketones (excluding diaryl/α,β-unsaturated/α-hetero) is 1. The van der Waals surface area contributed by atoms with Crippen LogP contribution in [0.25, 0.3) is 0 Å². The molecule has 0 aliphatic carbocycles. The van der Waals surface area contributed by atoms with Crippen molar-refractivity contribution in [2.24, 2.45) is 5.92 Å². The Morgan fingerprint density at radius 2 is 2.47 bits per heavy atom. The smallest absolute Gasteiger partial charge is 0.268 e. The maximum atomic E-state index is 11.9. The van der Waals surface area contributed by atoms with Gasteiger partial charge in [0.05, 0.1) is 13.2 Å². The monoisotopic (exact) mass is 300 g/mol. The predicted molar refractivity (Wildman–Crippen MR) is 64.9 cm³/mol. The zero-order valence-corrected chi connectivity index (χ0v) is 11.1. The van der Waals surface area contributed by atoms with Crippen molar-refractivity contribution in [2.75, 3.05) is 13.2 Å². The van der Waals surface area contributed by atoms with E-state index in [9.17, 15) is 9.59 Å². The summed E-state index contributed by atoms with van der Waals surface area (Å²) in [6.45, 7) is 2.88. The van der Waals surface area contributed by atoms with Gasteiger partial charge in [-0.05, 0) is 29.3 Å². The minimum absolute atomic E-state index is 0.0348. The van der Waals surface area contributed by atoms with E-state index in [1.165, 1.54) is 10.8 Å². The lowest BCUT2D eigenvalue weighted by Gasteiger charge is -2.11. The fourth-order valence-corrected chi connectivity index (χ4v) is 2.13. The lowest BCUT2D eigenvalue weighted by atomic mass is 10.0. The molecule has 2 heterocycles. The highest BCUT2D eigenvalue weighted by atomic mass is 79.9. The van der Waals surface area contributed by atoms with E-state index in [-0.39, 0.29) is 23.8 Å². The Morgan fingerprint density at radius 3 is 3.12 bits per heavy atom. The van der Waals surface area contributed by atoms with Gasteiger partial charge >= 0.3 is 0 Å². The van der Waals surface area contributed by atoms with Crippen LogP contribution in [-0.2, 0) is 16.1 Å². The number of ketones is 1. The second kappa shape index (κ2) is 5.10. The van der Waals surface area contributed by atoms with Crippen LogP contribution in [0.1, 0.15) is 12.2 Å². The Balaban J connectivity index is 2.21. The lowest BCUT2D eigenvalue weighted by molar-refractivity contribution is -0.123. The average Bonchev–Trinajstić information content (AvgIpc) is 2.83. The minimum atomic E-state index is -0.218. The van der Waals surface area contributed by atoms with Crippen molar-refractivity contribution in [1.29, 1.82) is 0 Å². The molecule has 17 heavy (non-hydrogen) atoms. The summed E-state index contributed by atoms with van der Waals surface area (Å²) in [6.07, 6.45) is 2.20. The van der Waals surface area contributed by atoms with Gasteiger partial charge in [0.25, 0.3) is 5.56 Å². The normalized spacial score (nSPS) is 19.5. The SMILES string of the molecule is Cc1ncc(Br)c(=O)n1CC(=O)C1CCOC1. The van der Waals surface area contributed by atoms with Gasteiger partial charge in [-0.25, -0.2) is 4.98 Å². The summed E-state index contributed by atoms with van der Waals surface area (Å²) in [6, 6.07) is 0. The van der Waals surface area contributed by atoms with Crippen LogP contribution in [0.4, 0.5) is 0 Å². The van der Waals surface area contributed by atoms with E-state index >= 15 is 0 Å². The van der Waals surface area contributed by atoms with Gasteiger partial charge in [0, 0.05) is 18.7 Å². The van der Waals surface area contributed by atoms with Crippen molar-refractivity contribution in [3.63, 3.8) is 0 Å². The van der Waals surface area contributed by atoms with E-state index in [1.54, 1.807) is 6.92 Å². The van der Waals surface area contributed by atoms with E-state index < -0.39 is 0 Å². The summed E-state index contributed by atoms with van der Waals surface area (Å²) in [5.74, 6) is 0.498. The molecule has 1 aliphatic rings. The number of halogens is 1. The quantitative estimate of drug-likeness (QED) is 0.833. The summed E-state index contributed by atoms with van der Waals surface area (Å²) in [5.41, 5.74) is -0.218. The molecule has 92 valence electrons. The fourth-order valence-electron chi connectivity index (χ4n) is 1.81. The Morgan fingerprint density at radius 1 is 1.71 bits per heavy atom. The van der Waals surface area contributed by atoms with Crippen LogP contribution in [0, 0.1) is 12.8 Å². The third-order valence-electron chi connectivity index (χ3n) is 2.90. The van der Waals surface area contributed by atoms with Crippen molar-refractivity contribution >= 4 is 21.7 Å². The van der Waals surface area contributed by atoms with E-state index in [0.29, 0.717) is 23.5 Å². The standard InChI is InChI=1S/C11H13BrN2O3/c1-7-13-4-9(12)11(16)14(7)5-10(15)8-2-3-17-6-8/h4,8H,2-3,5-6H2,1H3. The van der Waals surface area contributed by atoms with Gasteiger partial charge in [0.1, 0.15) is 10.3 Å². The van der Waals surface area contributed by atoms with E-state index in [4.69, 9.17) is 4.74 Å². The predicted octanol–water partition coefficient (Wildman–Crippen LogP) is 0.920. The zero-order valence-electron chi connectivity index (χ0n) is 9.48. The van der Waals surface area contributed by atoms with Gasteiger partial charge in [-0.3, -0.25) is 14.2 Å². The first-order valence-electron chi connectivity index (χ1n) is 5.42. The molecular weight excluding hydrogens is 288 g/mol. The van der Waals surface area contributed by atoms with Gasteiger partial charge < -0.3 is 4.74 Å². The molecule has 6 heteroatoms. The number of aryl methyl sites for hydroxylation is 1. The van der Waals surface area contributed by atoms with Crippen LogP contribution >= 0.6 is 15.9 Å². The number of nitrogens with zero attached hydrogens (tertiary/aromatic N) is 2. The largest absolute Gasteiger partial charge is 0.381 e. The first kappa shape index (κ1) is 12.4. The highest BCUT2D eigenvalue weighted by Gasteiger charge is 2.24. The molecule has 1 fully saturated rings. The summed E-state index contributed by atoms with van der Waals surface area (Å²) in [5, 5.41) is 0. The highest BCUT2D eigenvalue weighted by molar-refractivity contribution is 9.10. The van der Waals surface area contributed by atoms with Crippen LogP contribution in [-0.4, -0.2) is 28.5 Å². The molecule has 1 unspecified atom stereocenters. The molecule has 1 aliphatic heterocycles. The van der Waals surface area contributed by atoms with E-state index in [1.807, 2.05) is 0 Å². The molecule has 0 saturated carbocycles. The number of rotatable bonds is 3. The molecule has 5 nitrogen and oxygen atoms in total. The van der Waals surface area contributed by atoms with Gasteiger partial charge in [-0.2, -0.15) is 0 Å². The maximum absolute atomic E-state index is 11.9. The molecule has 0 spiro atoms. The Bertz CT molecular complexity index is 492. The topological polar surface area (TPSA) is 61.2 Å². The molecule has 1 aromatic heterocycles. The molecule has 1 atom stereocenters. The lowest BCUT2D eigenvalue weighted by Crippen LogP contribution is -2.30. The summed E-state index contributed by atoms with van der Waals surface area (Å²) >= 11 is 3.12. The van der Waals surface area contributed by atoms with E-state index in [0.717, 1.165) is 6.42 Å². The summed E-state index contributed by atoms with van der Waals surface area (Å²) in [4.78, 5) is 27.8. The molecule has 2 rings (SSSR count). The Hall–Kier alpha value is -1.01. The molecule has 0 bridgehead atoms. The van der Waals surface area contributed by atoms with Crippen molar-refractivity contribution in [3.05, 3.63) is 26.8 Å². The third-order valence-corrected chi connectivity index (χ3v) is 3.45. The number of carbonyl (C=O) groups is 1. The average molecular weight is 301 g/mol. The van der Waals surface area contributed by atoms with Crippen LogP contribution in [0.15, 0.2) is 15.5 Å². The van der Waals surface area contributed by atoms with E-state index in [2.05, 4.69) is 20.9 Å². The maximum Gasteiger partial charge on any atom is 0.268 e. The third kappa shape index (κ3) is 2.63. The van der Waals surface area contributed by atoms with Crippen molar-refractivity contribution < 1.29 is 9.53 Å². The summed E-state index contributed by atoms with van der Waals surface area (Å²) in [7, 11) is 0. The van der Waals surface area contributed by atoms with Crippen molar-refractivity contribution in [2.45, 2.75) is 19.9 Å². The second-order valence-electron chi connectivity index (χ2n) is 4.07. The number of hydrogen-bond acceptors (Lipinski definition) is 4. The Kier molecular flexibility index (Phi) is 3.73. The molecule has 0 aromatic carbocycles. The zero-order chi connectivity index (χ0) is 12.4. The summed E-state index contributed by atoms with van der Waals surface area (Å²) < 4.78 is 6.93. The van der Waals surface area contributed by atoms with Gasteiger partial charge in [-0.15, -0.1) is 0 Å². The number of hydrogen-bond donors (Lipinski definition) is 0. The highest BCUT2D eigenvalue weighted by Crippen LogP contribution is 2.14. The minimum Gasteiger partial charge on any atom is -0.381 e. The fraction of sp³-hybridized carbons (Fsp3) is 0.545. The van der Waals surface area contributed by atoms with Crippen molar-refractivity contribution in [3.8, 4) is 0 Å². The second-order valence-corrected chi connectivity index (χ2v) is 4.93. The van der Waals surface area contributed by atoms with Gasteiger partial charge in [0.2, 0.25) is 0 Å². The van der Waals surface area contributed by atoms with Crippen LogP contribution < -0.4 is 5.56 Å². The molecule has 0 amide bonds. The first-order valence-corrected chi connectivity index (χ1v) is 6.21. The van der Waals surface area contributed by atoms with Gasteiger partial charge in [-0.1, -0.05) is 0 Å². The first-order chi connectivity index (χ1) is 8.09. The number of aromatic nitrogens is 2. The number of ether oxygens (including phenoxy) is 1. The van der Waals surface area contributed by atoms with Crippen LogP contribution in [0.5, 0.6) is 0 Å². The van der Waals surface area contributed by atoms with Crippen LogP contribution in [0.3, 0.4) is 0 Å². The van der Waals surface area contributed by atoms with Crippen molar-refractivity contribution in [1.82, 2.24) is 9.55 Å². The van der Waals surface area contributed by atoms with Crippen LogP contribution in [0.2, 0.25) is 0 Å². The number of carbonyl (C=O) groups excluding carboxylic acids is 1. The van der Waals surface area contributed by atoms with Gasteiger partial charge in [0.15, 0.2) is 5.78 Å². The Labute approximate surface area is 107 Å². The molecule has 1 aromatic rings.